The Morgan fingerprint density at radius 1 is 0.771 bits per heavy atom. The van der Waals surface area contributed by atoms with E-state index in [0.29, 0.717) is 0 Å². The van der Waals surface area contributed by atoms with Gasteiger partial charge in [0.2, 0.25) is 0 Å². The molecule has 35 heavy (non-hydrogen) atoms. The highest BCUT2D eigenvalue weighted by atomic mass is 15.1. The Bertz CT molecular complexity index is 2810. The molecule has 0 saturated carbocycles. The second-order valence-corrected chi connectivity index (χ2v) is 7.61. The molecular formula is C33H24N2. The van der Waals surface area contributed by atoms with Gasteiger partial charge in [-0.15, -0.1) is 0 Å². The van der Waals surface area contributed by atoms with E-state index in [9.17, 15) is 6.85 Å². The monoisotopic (exact) mass is 468 g/mol. The highest BCUT2D eigenvalue weighted by molar-refractivity contribution is 6.19. The average molecular weight is 469 g/mol. The van der Waals surface area contributed by atoms with Crippen molar-refractivity contribution in [3.8, 4) is 16.8 Å². The molecule has 7 rings (SSSR count). The van der Waals surface area contributed by atoms with Crippen LogP contribution < -0.4 is 0 Å². The summed E-state index contributed by atoms with van der Waals surface area (Å²) in [6, 6.07) is -6.56. The van der Waals surface area contributed by atoms with Crippen molar-refractivity contribution in [2.75, 3.05) is 0 Å². The molecule has 7 aromatic rings. The normalized spacial score (nSPS) is 20.6. The number of fused-ring (bicyclic) bond motifs is 4. The first-order valence-electron chi connectivity index (χ1n) is 20.4. The number of nitrogens with zero attached hydrogens (tertiary/aromatic N) is 2. The highest BCUT2D eigenvalue weighted by Gasteiger charge is 2.20. The molecule has 2 heteroatoms. The van der Waals surface area contributed by atoms with Gasteiger partial charge in [0.25, 0.3) is 0 Å². The third-order valence-corrected chi connectivity index (χ3v) is 5.74. The maximum Gasteiger partial charge on any atom is 0.114 e. The van der Waals surface area contributed by atoms with Gasteiger partial charge in [0.1, 0.15) is 5.82 Å². The second kappa shape index (κ2) is 7.82. The molecule has 0 bridgehead atoms. The van der Waals surface area contributed by atoms with Crippen LogP contribution in [0.25, 0.3) is 60.2 Å². The van der Waals surface area contributed by atoms with Gasteiger partial charge >= 0.3 is 0 Å². The van der Waals surface area contributed by atoms with E-state index in [2.05, 4.69) is 4.98 Å². The van der Waals surface area contributed by atoms with Crippen LogP contribution in [-0.4, -0.2) is 9.55 Å². The Balaban J connectivity index is 1.92. The van der Waals surface area contributed by atoms with E-state index in [1.807, 2.05) is 0 Å². The van der Waals surface area contributed by atoms with Crippen molar-refractivity contribution in [3.05, 3.63) is 121 Å². The fourth-order valence-corrected chi connectivity index (χ4v) is 4.32. The van der Waals surface area contributed by atoms with E-state index in [0.717, 1.165) is 4.57 Å². The van der Waals surface area contributed by atoms with Crippen molar-refractivity contribution in [2.24, 2.45) is 0 Å². The molecule has 1 heterocycles. The van der Waals surface area contributed by atoms with Crippen molar-refractivity contribution < 1.29 is 27.4 Å². The summed E-state index contributed by atoms with van der Waals surface area (Å²) >= 11 is 0. The summed E-state index contributed by atoms with van der Waals surface area (Å²) in [7, 11) is 0. The zero-order valence-electron chi connectivity index (χ0n) is 37.7. The quantitative estimate of drug-likeness (QED) is 0.237. The molecule has 0 aliphatic carbocycles. The maximum absolute atomic E-state index is 9.33. The van der Waals surface area contributed by atoms with E-state index in [1.54, 1.807) is 0 Å². The molecule has 0 radical (unpaired) electrons. The largest absolute Gasteiger partial charge is 0.295 e. The molecule has 0 atom stereocenters. The number of aryl methyl sites for hydroxylation is 1. The van der Waals surface area contributed by atoms with Gasteiger partial charge in [-0.2, -0.15) is 0 Å². The van der Waals surface area contributed by atoms with E-state index >= 15 is 0 Å². The molecule has 0 aliphatic heterocycles. The van der Waals surface area contributed by atoms with E-state index < -0.39 is 159 Å². The fraction of sp³-hybridized carbons (Fsp3) is 0.0606. The summed E-state index contributed by atoms with van der Waals surface area (Å²) < 4.78 is 175. The summed E-state index contributed by atoms with van der Waals surface area (Å²) in [5.74, 6) is -0.804. The van der Waals surface area contributed by atoms with Crippen molar-refractivity contribution in [3.63, 3.8) is 0 Å². The first-order chi connectivity index (χ1) is 25.5. The number of rotatable bonds is 3. The van der Waals surface area contributed by atoms with Gasteiger partial charge in [-0.3, -0.25) is 4.57 Å². The maximum atomic E-state index is 9.33. The molecule has 6 aromatic carbocycles. The van der Waals surface area contributed by atoms with Gasteiger partial charge in [-0.25, -0.2) is 4.98 Å². The molecular weight excluding hydrogens is 424 g/mol. The topological polar surface area (TPSA) is 17.8 Å². The Morgan fingerprint density at radius 2 is 1.43 bits per heavy atom. The molecule has 0 N–H and O–H groups in total. The summed E-state index contributed by atoms with van der Waals surface area (Å²) in [5.41, 5.74) is -1.75. The van der Waals surface area contributed by atoms with Crippen LogP contribution >= 0.6 is 0 Å². The average Bonchev–Trinajstić information content (AvgIpc) is 3.53. The van der Waals surface area contributed by atoms with Gasteiger partial charge in [0, 0.05) is 24.0 Å². The van der Waals surface area contributed by atoms with E-state index in [-0.39, 0.29) is 11.0 Å². The molecule has 0 saturated heterocycles. The zero-order valence-corrected chi connectivity index (χ0v) is 17.7. The summed E-state index contributed by atoms with van der Waals surface area (Å²) in [6.45, 7) is -3.40. The van der Waals surface area contributed by atoms with Crippen molar-refractivity contribution in [1.82, 2.24) is 9.55 Å². The Morgan fingerprint density at radius 3 is 2.17 bits per heavy atom. The third kappa shape index (κ3) is 3.00. The Labute approximate surface area is 232 Å². The standard InChI is InChI=1S/C33H24N2/c1-2-31-34-29-17-9-10-18-30(29)35(31)33-27-15-7-5-13-25(27)32(26-14-6-8-16-28(26)33)24-20-19-22-11-3-4-12-23(22)21-24/h3-21H,2H2,1H3/i1D3,2D2,3D,4D,5D,6D,7D,8D,11D,12D,13D,14D,15D,16D,19D,20D,21D. The number of hydrogen-bond donors (Lipinski definition) is 0. The zero-order chi connectivity index (χ0) is 40.7. The summed E-state index contributed by atoms with van der Waals surface area (Å²) in [6.07, 6.45) is -3.29. The van der Waals surface area contributed by atoms with Gasteiger partial charge in [0.15, 0.2) is 0 Å². The summed E-state index contributed by atoms with van der Waals surface area (Å²) in [4.78, 5) is 4.30. The van der Waals surface area contributed by atoms with Gasteiger partial charge in [-0.1, -0.05) is 104 Å². The van der Waals surface area contributed by atoms with Crippen molar-refractivity contribution >= 4 is 43.4 Å². The van der Waals surface area contributed by atoms with Gasteiger partial charge < -0.3 is 0 Å². The minimum absolute atomic E-state index is 0.0155. The van der Waals surface area contributed by atoms with Crippen LogP contribution in [0.5, 0.6) is 0 Å². The molecule has 0 aliphatic rings. The highest BCUT2D eigenvalue weighted by Crippen LogP contribution is 2.42. The molecule has 0 spiro atoms. The fourth-order valence-electron chi connectivity index (χ4n) is 4.32. The van der Waals surface area contributed by atoms with Gasteiger partial charge in [-0.05, 0) is 50.8 Å². The smallest absolute Gasteiger partial charge is 0.114 e. The molecule has 0 amide bonds. The predicted molar refractivity (Wildman–Crippen MR) is 148 cm³/mol. The van der Waals surface area contributed by atoms with Gasteiger partial charge in [0.05, 0.1) is 37.3 Å². The SMILES string of the molecule is [2H]c1c([2H])c([2H])c2c([2H])c(-c3c4c([2H])c([2H])c([2H])c([2H])c4c(-n4c(C([2H])([2H])C([2H])([2H])[2H])nc5ccccc54)c4c([2H])c([2H])c([2H])c([2H])c34)c([2H])c([2H])c2c1[2H]. The lowest BCUT2D eigenvalue weighted by Crippen LogP contribution is -2.03. The second-order valence-electron chi connectivity index (χ2n) is 7.61. The third-order valence-electron chi connectivity index (χ3n) is 5.74. The van der Waals surface area contributed by atoms with E-state index in [1.165, 1.54) is 24.3 Å². The number of imidazole rings is 1. The van der Waals surface area contributed by atoms with Crippen molar-refractivity contribution in [2.45, 2.75) is 13.2 Å². The van der Waals surface area contributed by atoms with Crippen LogP contribution in [0, 0.1) is 0 Å². The van der Waals surface area contributed by atoms with Crippen LogP contribution in [0.3, 0.4) is 0 Å². The molecule has 0 unspecified atom stereocenters. The lowest BCUT2D eigenvalue weighted by molar-refractivity contribution is 0.917. The molecule has 166 valence electrons. The number of benzene rings is 6. The van der Waals surface area contributed by atoms with Crippen LogP contribution in [0.1, 0.15) is 40.1 Å². The minimum atomic E-state index is -3.40. The van der Waals surface area contributed by atoms with Crippen LogP contribution in [0.15, 0.2) is 115 Å². The number of hydrogen-bond acceptors (Lipinski definition) is 1. The first kappa shape index (κ1) is 8.35. The molecule has 0 fully saturated rings. The van der Waals surface area contributed by atoms with Crippen LogP contribution in [0.2, 0.25) is 0 Å². The lowest BCUT2D eigenvalue weighted by Gasteiger charge is -2.20. The first-order valence-corrected chi connectivity index (χ1v) is 10.4. The Hall–Kier alpha value is -4.43. The molecule has 1 aromatic heterocycles. The van der Waals surface area contributed by atoms with E-state index in [4.69, 9.17) is 20.6 Å². The van der Waals surface area contributed by atoms with Crippen molar-refractivity contribution in [1.29, 1.82) is 0 Å². The predicted octanol–water partition coefficient (Wildman–Crippen LogP) is 8.71. The minimum Gasteiger partial charge on any atom is -0.295 e. The molecule has 2 nitrogen and oxygen atoms in total. The van der Waals surface area contributed by atoms with Crippen LogP contribution in [0.4, 0.5) is 0 Å². The van der Waals surface area contributed by atoms with Crippen LogP contribution in [-0.2, 0) is 6.37 Å². The number of para-hydroxylation sites is 2. The summed E-state index contributed by atoms with van der Waals surface area (Å²) in [5, 5.41) is -3.28. The number of aromatic nitrogens is 2. The lowest BCUT2D eigenvalue weighted by atomic mass is 9.89. The Kier molecular flexibility index (Phi) is 1.87.